The van der Waals surface area contributed by atoms with Crippen LogP contribution >= 0.6 is 0 Å². The Labute approximate surface area is 113 Å². The predicted molar refractivity (Wildman–Crippen MR) is 67.2 cm³/mol. The standard InChI is InChI=1S/C12H14F3N5/c13-12(14,15)9-5-10(16)19-11-8(6-18-20(9)11)7-1-3-17-4-2-7/h5-7,17H,1-4H2,(H2,16,19). The maximum Gasteiger partial charge on any atom is 0.433 e. The number of rotatable bonds is 1. The third kappa shape index (κ3) is 2.20. The summed E-state index contributed by atoms with van der Waals surface area (Å²) in [4.78, 5) is 4.04. The van der Waals surface area contributed by atoms with E-state index in [1.165, 1.54) is 6.20 Å². The highest BCUT2D eigenvalue weighted by molar-refractivity contribution is 5.54. The van der Waals surface area contributed by atoms with Gasteiger partial charge in [-0.15, -0.1) is 0 Å². The number of hydrogen-bond acceptors (Lipinski definition) is 4. The van der Waals surface area contributed by atoms with Gasteiger partial charge in [0, 0.05) is 11.6 Å². The number of alkyl halides is 3. The van der Waals surface area contributed by atoms with Crippen LogP contribution in [0, 0.1) is 0 Å². The number of nitrogen functional groups attached to an aromatic ring is 1. The molecule has 1 aliphatic rings. The average Bonchev–Trinajstić information content (AvgIpc) is 2.81. The van der Waals surface area contributed by atoms with E-state index in [2.05, 4.69) is 15.4 Å². The number of nitrogens with two attached hydrogens (primary N) is 1. The molecule has 1 fully saturated rings. The molecular formula is C12H14F3N5. The monoisotopic (exact) mass is 285 g/mol. The van der Waals surface area contributed by atoms with Gasteiger partial charge in [0.15, 0.2) is 11.3 Å². The molecule has 0 saturated carbocycles. The minimum absolute atomic E-state index is 0.138. The molecule has 3 heterocycles. The zero-order chi connectivity index (χ0) is 14.3. The summed E-state index contributed by atoms with van der Waals surface area (Å²) in [5.41, 5.74) is 5.58. The number of piperidine rings is 1. The fourth-order valence-electron chi connectivity index (χ4n) is 2.62. The van der Waals surface area contributed by atoms with Gasteiger partial charge in [-0.25, -0.2) is 9.50 Å². The van der Waals surface area contributed by atoms with Crippen LogP contribution in [0.2, 0.25) is 0 Å². The maximum atomic E-state index is 13.0. The Hall–Kier alpha value is -1.83. The number of halogens is 3. The third-order valence-corrected chi connectivity index (χ3v) is 3.59. The lowest BCUT2D eigenvalue weighted by molar-refractivity contribution is -0.142. The zero-order valence-electron chi connectivity index (χ0n) is 10.6. The first-order valence-corrected chi connectivity index (χ1v) is 6.39. The van der Waals surface area contributed by atoms with Crippen molar-refractivity contribution in [3.8, 4) is 0 Å². The minimum Gasteiger partial charge on any atom is -0.384 e. The summed E-state index contributed by atoms with van der Waals surface area (Å²) in [5, 5.41) is 7.08. The first-order chi connectivity index (χ1) is 9.47. The van der Waals surface area contributed by atoms with Crippen LogP contribution in [0.5, 0.6) is 0 Å². The lowest BCUT2D eigenvalue weighted by Crippen LogP contribution is -2.26. The quantitative estimate of drug-likeness (QED) is 0.838. The lowest BCUT2D eigenvalue weighted by atomic mass is 9.92. The van der Waals surface area contributed by atoms with Gasteiger partial charge in [-0.05, 0) is 31.8 Å². The molecule has 0 bridgehead atoms. The smallest absolute Gasteiger partial charge is 0.384 e. The Morgan fingerprint density at radius 1 is 1.30 bits per heavy atom. The van der Waals surface area contributed by atoms with Gasteiger partial charge in [0.05, 0.1) is 6.20 Å². The van der Waals surface area contributed by atoms with Crippen molar-refractivity contribution >= 4 is 11.5 Å². The SMILES string of the molecule is Nc1cc(C(F)(F)F)n2ncc(C3CCNCC3)c2n1. The molecule has 2 aromatic heterocycles. The van der Waals surface area contributed by atoms with Crippen LogP contribution in [0.3, 0.4) is 0 Å². The van der Waals surface area contributed by atoms with E-state index in [4.69, 9.17) is 5.73 Å². The summed E-state index contributed by atoms with van der Waals surface area (Å²) in [7, 11) is 0. The van der Waals surface area contributed by atoms with Gasteiger partial charge in [-0.2, -0.15) is 18.3 Å². The van der Waals surface area contributed by atoms with Crippen molar-refractivity contribution in [1.82, 2.24) is 19.9 Å². The molecule has 5 nitrogen and oxygen atoms in total. The van der Waals surface area contributed by atoms with E-state index in [1.807, 2.05) is 0 Å². The normalized spacial score (nSPS) is 17.8. The average molecular weight is 285 g/mol. The number of aromatic nitrogens is 3. The molecule has 0 radical (unpaired) electrons. The van der Waals surface area contributed by atoms with Crippen molar-refractivity contribution in [3.63, 3.8) is 0 Å². The van der Waals surface area contributed by atoms with E-state index >= 15 is 0 Å². The topological polar surface area (TPSA) is 68.2 Å². The molecule has 0 aromatic carbocycles. The number of fused-ring (bicyclic) bond motifs is 1. The molecule has 8 heteroatoms. The molecular weight excluding hydrogens is 271 g/mol. The van der Waals surface area contributed by atoms with Crippen LogP contribution in [0.15, 0.2) is 12.3 Å². The van der Waals surface area contributed by atoms with Gasteiger partial charge in [0.1, 0.15) is 5.82 Å². The molecule has 108 valence electrons. The van der Waals surface area contributed by atoms with Gasteiger partial charge in [0.2, 0.25) is 0 Å². The molecule has 0 spiro atoms. The molecule has 3 N–H and O–H groups in total. The Morgan fingerprint density at radius 2 is 2.00 bits per heavy atom. The van der Waals surface area contributed by atoms with Crippen molar-refractivity contribution in [3.05, 3.63) is 23.5 Å². The molecule has 1 aliphatic heterocycles. The van der Waals surface area contributed by atoms with Gasteiger partial charge in [-0.1, -0.05) is 0 Å². The Kier molecular flexibility index (Phi) is 3.04. The molecule has 20 heavy (non-hydrogen) atoms. The number of nitrogens with one attached hydrogen (secondary N) is 1. The highest BCUT2D eigenvalue weighted by atomic mass is 19.4. The van der Waals surface area contributed by atoms with Crippen LogP contribution in [0.4, 0.5) is 19.0 Å². The summed E-state index contributed by atoms with van der Waals surface area (Å²) in [5.74, 6) is 0.0321. The number of nitrogens with zero attached hydrogens (tertiary/aromatic N) is 3. The Morgan fingerprint density at radius 3 is 2.65 bits per heavy atom. The van der Waals surface area contributed by atoms with Gasteiger partial charge >= 0.3 is 6.18 Å². The molecule has 0 aliphatic carbocycles. The largest absolute Gasteiger partial charge is 0.433 e. The third-order valence-electron chi connectivity index (χ3n) is 3.59. The zero-order valence-corrected chi connectivity index (χ0v) is 10.6. The molecule has 3 rings (SSSR count). The van der Waals surface area contributed by atoms with Crippen molar-refractivity contribution in [2.24, 2.45) is 0 Å². The second-order valence-corrected chi connectivity index (χ2v) is 4.92. The predicted octanol–water partition coefficient (Wildman–Crippen LogP) is 1.80. The molecule has 0 unspecified atom stereocenters. The van der Waals surface area contributed by atoms with E-state index in [1.54, 1.807) is 0 Å². The van der Waals surface area contributed by atoms with E-state index < -0.39 is 11.9 Å². The fourth-order valence-corrected chi connectivity index (χ4v) is 2.62. The Balaban J connectivity index is 2.14. The van der Waals surface area contributed by atoms with Gasteiger partial charge in [0.25, 0.3) is 0 Å². The highest BCUT2D eigenvalue weighted by Crippen LogP contribution is 2.33. The van der Waals surface area contributed by atoms with Crippen molar-refractivity contribution in [2.45, 2.75) is 24.9 Å². The number of hydrogen-bond donors (Lipinski definition) is 2. The van der Waals surface area contributed by atoms with Crippen molar-refractivity contribution in [2.75, 3.05) is 18.8 Å². The summed E-state index contributed by atoms with van der Waals surface area (Å²) >= 11 is 0. The van der Waals surface area contributed by atoms with E-state index in [0.717, 1.165) is 42.1 Å². The second-order valence-electron chi connectivity index (χ2n) is 4.92. The van der Waals surface area contributed by atoms with Crippen molar-refractivity contribution < 1.29 is 13.2 Å². The summed E-state index contributed by atoms with van der Waals surface area (Å²) in [6.45, 7) is 1.69. The molecule has 0 amide bonds. The first kappa shape index (κ1) is 13.2. The van der Waals surface area contributed by atoms with Crippen LogP contribution in [0.25, 0.3) is 5.65 Å². The molecule has 2 aromatic rings. The minimum atomic E-state index is -4.51. The molecule has 1 saturated heterocycles. The second kappa shape index (κ2) is 4.62. The van der Waals surface area contributed by atoms with Gasteiger partial charge in [-0.3, -0.25) is 0 Å². The lowest BCUT2D eigenvalue weighted by Gasteiger charge is -2.21. The van der Waals surface area contributed by atoms with Crippen LogP contribution in [-0.4, -0.2) is 27.7 Å². The summed E-state index contributed by atoms with van der Waals surface area (Å²) in [6, 6.07) is 0.812. The molecule has 0 atom stereocenters. The van der Waals surface area contributed by atoms with E-state index in [0.29, 0.717) is 0 Å². The van der Waals surface area contributed by atoms with Crippen molar-refractivity contribution in [1.29, 1.82) is 0 Å². The van der Waals surface area contributed by atoms with E-state index in [9.17, 15) is 13.2 Å². The summed E-state index contributed by atoms with van der Waals surface area (Å²) < 4.78 is 39.8. The van der Waals surface area contributed by atoms with Crippen LogP contribution in [0.1, 0.15) is 30.0 Å². The highest BCUT2D eigenvalue weighted by Gasteiger charge is 2.35. The van der Waals surface area contributed by atoms with Crippen LogP contribution < -0.4 is 11.1 Å². The van der Waals surface area contributed by atoms with Gasteiger partial charge < -0.3 is 11.1 Å². The van der Waals surface area contributed by atoms with E-state index in [-0.39, 0.29) is 17.4 Å². The maximum absolute atomic E-state index is 13.0. The fraction of sp³-hybridized carbons (Fsp3) is 0.500. The Bertz CT molecular complexity index is 628. The first-order valence-electron chi connectivity index (χ1n) is 6.39. The van der Waals surface area contributed by atoms with Crippen LogP contribution in [-0.2, 0) is 6.18 Å². The summed E-state index contributed by atoms with van der Waals surface area (Å²) in [6.07, 6.45) is -1.31. The number of anilines is 1.